The number of amides is 4. The number of hydrogen-bond acceptors (Lipinski definition) is 7. The minimum Gasteiger partial charge on any atom is -0.453 e. The minimum atomic E-state index is -0.995. The van der Waals surface area contributed by atoms with E-state index in [2.05, 4.69) is 30.7 Å². The van der Waals surface area contributed by atoms with E-state index in [1.807, 2.05) is 0 Å². The van der Waals surface area contributed by atoms with Gasteiger partial charge in [-0.2, -0.15) is 0 Å². The van der Waals surface area contributed by atoms with E-state index in [9.17, 15) is 19.2 Å². The normalized spacial score (nSPS) is 21.6. The molecule has 3 aromatic rings. The summed E-state index contributed by atoms with van der Waals surface area (Å²) in [6.07, 6.45) is 2.81. The van der Waals surface area contributed by atoms with Crippen LogP contribution in [0.3, 0.4) is 0 Å². The van der Waals surface area contributed by atoms with Gasteiger partial charge in [-0.05, 0) is 49.2 Å². The van der Waals surface area contributed by atoms with Gasteiger partial charge in [0.05, 0.1) is 42.8 Å². The Morgan fingerprint density at radius 1 is 1.14 bits per heavy atom. The summed E-state index contributed by atoms with van der Waals surface area (Å²) in [6, 6.07) is 10.3. The average Bonchev–Trinajstić information content (AvgIpc) is 3.61. The van der Waals surface area contributed by atoms with Crippen LogP contribution >= 0.6 is 11.6 Å². The maximum absolute atomic E-state index is 14.0. The van der Waals surface area contributed by atoms with Gasteiger partial charge in [-0.1, -0.05) is 18.0 Å². The summed E-state index contributed by atoms with van der Waals surface area (Å²) in [4.78, 5) is 60.6. The lowest BCUT2D eigenvalue weighted by Gasteiger charge is -2.35. The molecule has 0 aliphatic carbocycles. The van der Waals surface area contributed by atoms with Crippen molar-refractivity contribution < 1.29 is 28.7 Å². The molecule has 1 aromatic heterocycles. The molecular weight excluding hydrogens is 564 g/mol. The van der Waals surface area contributed by atoms with Gasteiger partial charge in [-0.3, -0.25) is 20.2 Å². The number of fused-ring (bicyclic) bond motifs is 6. The smallest absolute Gasteiger partial charge is 0.412 e. The number of carbonyl (C=O) groups is 4. The van der Waals surface area contributed by atoms with Gasteiger partial charge < -0.3 is 24.7 Å². The second-order valence-corrected chi connectivity index (χ2v) is 11.1. The topological polar surface area (TPSA) is 155 Å². The lowest BCUT2D eigenvalue weighted by atomic mass is 9.90. The Bertz CT molecular complexity index is 1590. The average molecular weight is 593 g/mol. The van der Waals surface area contributed by atoms with E-state index in [0.717, 1.165) is 5.56 Å². The number of rotatable bonds is 2. The molecule has 3 aliphatic heterocycles. The van der Waals surface area contributed by atoms with Crippen LogP contribution in [0.2, 0.25) is 5.02 Å². The highest BCUT2D eigenvalue weighted by Crippen LogP contribution is 2.44. The van der Waals surface area contributed by atoms with Gasteiger partial charge in [-0.25, -0.2) is 14.6 Å². The number of ether oxygens (including phenoxy) is 2. The van der Waals surface area contributed by atoms with Crippen molar-refractivity contribution in [3.63, 3.8) is 0 Å². The van der Waals surface area contributed by atoms with E-state index in [4.69, 9.17) is 16.3 Å². The van der Waals surface area contributed by atoms with Crippen molar-refractivity contribution in [2.75, 3.05) is 36.1 Å². The summed E-state index contributed by atoms with van der Waals surface area (Å²) in [6.45, 7) is 0.585. The first-order valence-electron chi connectivity index (χ1n) is 13.7. The lowest BCUT2D eigenvalue weighted by Crippen LogP contribution is -2.43. The van der Waals surface area contributed by atoms with Gasteiger partial charge in [0, 0.05) is 41.2 Å². The van der Waals surface area contributed by atoms with Crippen LogP contribution in [0.1, 0.15) is 49.4 Å². The number of carbonyl (C=O) groups excluding carboxylic acids is 4. The molecular formula is C29H29ClN6O6. The molecule has 1 spiro atoms. The van der Waals surface area contributed by atoms with Crippen LogP contribution in [0.5, 0.6) is 0 Å². The maximum Gasteiger partial charge on any atom is 0.412 e. The summed E-state index contributed by atoms with van der Waals surface area (Å²) in [7, 11) is 1.27. The van der Waals surface area contributed by atoms with Crippen molar-refractivity contribution >= 4 is 52.7 Å². The van der Waals surface area contributed by atoms with Crippen molar-refractivity contribution in [1.29, 1.82) is 0 Å². The van der Waals surface area contributed by atoms with Crippen LogP contribution in [0.25, 0.3) is 11.3 Å². The van der Waals surface area contributed by atoms with Gasteiger partial charge >= 0.3 is 12.2 Å². The number of likely N-dealkylation sites (tertiary alicyclic amines) is 1. The number of aromatic amines is 1. The van der Waals surface area contributed by atoms with Crippen LogP contribution < -0.4 is 16.0 Å². The van der Waals surface area contributed by atoms with E-state index in [0.29, 0.717) is 71.4 Å². The SMILES string of the molecule is COC(=O)Nc1ccc2c(c1)NC(=O)CCCCC(C(=O)N1CC[C@@]3(C1)OC(=O)Nc1ccc(Cl)cc13)c1ncc-2[nH]1. The fourth-order valence-corrected chi connectivity index (χ4v) is 6.04. The Morgan fingerprint density at radius 2 is 2.00 bits per heavy atom. The number of aromatic nitrogens is 2. The zero-order valence-electron chi connectivity index (χ0n) is 22.8. The van der Waals surface area contributed by atoms with Gasteiger partial charge in [0.1, 0.15) is 5.82 Å². The standard InChI is InChI=1S/C29H29ClN6O6/c1-41-27(39)32-17-7-8-18-22(13-17)33-24(37)5-3-2-4-19(25-31-14-23(18)34-25)26(38)36-11-10-29(15-36)20-12-16(30)6-9-21(20)35-28(40)42-29/h6-9,12-14,19H,2-5,10-11,15H2,1H3,(H,31,34)(H,32,39)(H,33,37)(H,35,40)/t19?,29-/m0/s1. The lowest BCUT2D eigenvalue weighted by molar-refractivity contribution is -0.133. The van der Waals surface area contributed by atoms with Crippen LogP contribution in [0.4, 0.5) is 26.7 Å². The third-order valence-electron chi connectivity index (χ3n) is 7.93. The second-order valence-electron chi connectivity index (χ2n) is 10.6. The molecule has 42 heavy (non-hydrogen) atoms. The van der Waals surface area contributed by atoms with Crippen molar-refractivity contribution in [3.8, 4) is 11.3 Å². The third kappa shape index (κ3) is 5.25. The van der Waals surface area contributed by atoms with E-state index in [-0.39, 0.29) is 24.8 Å². The van der Waals surface area contributed by atoms with E-state index in [1.165, 1.54) is 7.11 Å². The highest BCUT2D eigenvalue weighted by atomic mass is 35.5. The number of imidazole rings is 1. The molecule has 2 atom stereocenters. The first kappa shape index (κ1) is 27.6. The monoisotopic (exact) mass is 592 g/mol. The molecule has 6 rings (SSSR count). The largest absolute Gasteiger partial charge is 0.453 e. The molecule has 4 N–H and O–H groups in total. The molecule has 3 aliphatic rings. The predicted molar refractivity (Wildman–Crippen MR) is 154 cm³/mol. The van der Waals surface area contributed by atoms with E-state index < -0.39 is 23.7 Å². The number of nitrogens with one attached hydrogen (secondary N) is 4. The molecule has 1 fully saturated rings. The second kappa shape index (κ2) is 11.0. The quantitative estimate of drug-likeness (QED) is 0.319. The van der Waals surface area contributed by atoms with Crippen LogP contribution in [-0.2, 0) is 24.7 Å². The molecule has 1 unspecified atom stereocenters. The molecule has 4 amide bonds. The fourth-order valence-electron chi connectivity index (χ4n) is 5.87. The molecule has 0 radical (unpaired) electrons. The summed E-state index contributed by atoms with van der Waals surface area (Å²) >= 11 is 6.28. The van der Waals surface area contributed by atoms with Gasteiger partial charge in [0.15, 0.2) is 5.60 Å². The molecule has 218 valence electrons. The first-order chi connectivity index (χ1) is 20.2. The van der Waals surface area contributed by atoms with Crippen LogP contribution in [0, 0.1) is 0 Å². The Hall–Kier alpha value is -4.58. The number of H-pyrrole nitrogens is 1. The zero-order valence-corrected chi connectivity index (χ0v) is 23.5. The van der Waals surface area contributed by atoms with Crippen LogP contribution in [0.15, 0.2) is 42.6 Å². The summed E-state index contributed by atoms with van der Waals surface area (Å²) in [5.74, 6) is -0.390. The molecule has 13 heteroatoms. The van der Waals surface area contributed by atoms with E-state index >= 15 is 0 Å². The Kier molecular flexibility index (Phi) is 7.23. The van der Waals surface area contributed by atoms with Gasteiger partial charge in [-0.15, -0.1) is 0 Å². The summed E-state index contributed by atoms with van der Waals surface area (Å²) in [5, 5.41) is 8.76. The molecule has 2 aromatic carbocycles. The number of nitrogens with zero attached hydrogens (tertiary/aromatic N) is 2. The Balaban J connectivity index is 1.29. The first-order valence-corrected chi connectivity index (χ1v) is 14.1. The minimum absolute atomic E-state index is 0.134. The fraction of sp³-hybridized carbons (Fsp3) is 0.345. The number of anilines is 3. The Morgan fingerprint density at radius 3 is 2.83 bits per heavy atom. The third-order valence-corrected chi connectivity index (χ3v) is 8.16. The number of hydrogen-bond donors (Lipinski definition) is 4. The molecule has 0 saturated carbocycles. The van der Waals surface area contributed by atoms with Crippen LogP contribution in [-0.4, -0.2) is 59.1 Å². The van der Waals surface area contributed by atoms with Gasteiger partial charge in [0.25, 0.3) is 0 Å². The number of halogens is 1. The molecule has 1 saturated heterocycles. The molecule has 4 heterocycles. The molecule has 2 bridgehead atoms. The van der Waals surface area contributed by atoms with E-state index in [1.54, 1.807) is 47.5 Å². The van der Waals surface area contributed by atoms with Gasteiger partial charge in [0.2, 0.25) is 11.8 Å². The van der Waals surface area contributed by atoms with Crippen molar-refractivity contribution in [3.05, 3.63) is 59.0 Å². The Labute approximate surface area is 246 Å². The summed E-state index contributed by atoms with van der Waals surface area (Å²) < 4.78 is 10.5. The van der Waals surface area contributed by atoms with Crippen molar-refractivity contribution in [2.45, 2.75) is 43.6 Å². The predicted octanol–water partition coefficient (Wildman–Crippen LogP) is 5.19. The number of methoxy groups -OCH3 is 1. The zero-order chi connectivity index (χ0) is 29.4. The number of benzene rings is 2. The summed E-state index contributed by atoms with van der Waals surface area (Å²) in [5.41, 5.74) is 2.56. The van der Waals surface area contributed by atoms with Crippen molar-refractivity contribution in [2.24, 2.45) is 0 Å². The van der Waals surface area contributed by atoms with Crippen molar-refractivity contribution in [1.82, 2.24) is 14.9 Å². The highest BCUT2D eigenvalue weighted by Gasteiger charge is 2.49. The molecule has 12 nitrogen and oxygen atoms in total. The highest BCUT2D eigenvalue weighted by molar-refractivity contribution is 6.30. The maximum atomic E-state index is 14.0.